The first-order valence-electron chi connectivity index (χ1n) is 23.8. The summed E-state index contributed by atoms with van der Waals surface area (Å²) in [5, 5.41) is 44.3. The fourth-order valence-electron chi connectivity index (χ4n) is 12.7. The van der Waals surface area contributed by atoms with E-state index in [9.17, 15) is 25.2 Å². The number of ether oxygens (including phenoxy) is 12. The van der Waals surface area contributed by atoms with E-state index in [1.54, 1.807) is 28.1 Å². The second-order valence-electron chi connectivity index (χ2n) is 21.3. The number of aliphatic hydroxyl groups excluding tert-OH is 1. The largest absolute Gasteiger partial charge is 0.481 e. The summed E-state index contributed by atoms with van der Waals surface area (Å²) in [5.41, 5.74) is -1.60. The Morgan fingerprint density at radius 3 is 2.08 bits per heavy atom. The average molecular weight is 934 g/mol. The van der Waals surface area contributed by atoms with E-state index in [4.69, 9.17) is 56.8 Å². The molecule has 18 heteroatoms. The molecule has 7 aliphatic heterocycles. The van der Waals surface area contributed by atoms with Crippen molar-refractivity contribution in [2.45, 2.75) is 234 Å². The topological polar surface area (TPSA) is 244 Å². The van der Waals surface area contributed by atoms with Crippen LogP contribution < -0.4 is 6.15 Å². The second-order valence-corrected chi connectivity index (χ2v) is 21.3. The first kappa shape index (κ1) is 53.2. The molecule has 0 aliphatic carbocycles. The van der Waals surface area contributed by atoms with Gasteiger partial charge in [0.15, 0.2) is 23.7 Å². The van der Waals surface area contributed by atoms with E-state index >= 15 is 0 Å². The van der Waals surface area contributed by atoms with Crippen molar-refractivity contribution < 1.29 is 82.1 Å². The van der Waals surface area contributed by atoms with Crippen LogP contribution in [-0.2, 0) is 61.6 Å². The molecule has 378 valence electrons. The van der Waals surface area contributed by atoms with Crippen molar-refractivity contribution in [1.29, 1.82) is 0 Å². The minimum atomic E-state index is -2.03. The molecule has 65 heavy (non-hydrogen) atoms. The predicted octanol–water partition coefficient (Wildman–Crippen LogP) is 4.48. The zero-order valence-corrected chi connectivity index (χ0v) is 41.1. The van der Waals surface area contributed by atoms with Gasteiger partial charge in [-0.2, -0.15) is 0 Å². The lowest BCUT2D eigenvalue weighted by Crippen LogP contribution is -2.65. The number of rotatable bonds is 13. The normalized spacial score (nSPS) is 53.2. The molecule has 7 heterocycles. The number of methoxy groups -OCH3 is 4. The van der Waals surface area contributed by atoms with Gasteiger partial charge in [0.2, 0.25) is 0 Å². The molecule has 18 nitrogen and oxygen atoms in total. The van der Waals surface area contributed by atoms with Crippen LogP contribution in [0.1, 0.15) is 120 Å². The summed E-state index contributed by atoms with van der Waals surface area (Å²) in [6, 6.07) is 0. The molecule has 0 aromatic carbocycles. The van der Waals surface area contributed by atoms with Gasteiger partial charge >= 0.3 is 5.97 Å². The molecule has 7 saturated heterocycles. The fourth-order valence-corrected chi connectivity index (χ4v) is 12.7. The molecule has 24 atom stereocenters. The minimum Gasteiger partial charge on any atom is -0.481 e. The SMILES string of the molecule is CO[C@@H]1[C@@H](OC)[C@H](C)[C@@](O)(CC(=O)O)O[C@H]1[C@@H](C)[C@H]1O[C@@]2(CC[C@@](C)(C3CC[C@@](C)([C@@H]4O[C@@H]([C@H]5O[C@](C)(O)[C@H](C)C[C@@H]5C)C[C@@H]4O[C@@H]4C[C@H](OC)[C@@H](OC)[C@H](C)O4)O3)O2)C[C@H](O)[C@H]1C.N. The lowest BCUT2D eigenvalue weighted by atomic mass is 9.75. The standard InChI is InChI=1S/C47H80O17.H3N/c1-23-18-24(2)45(9,51)61-36(23)31-19-32(58-35-20-30(53-10)40(55-12)28(6)57-35)42(59-31)44(8)15-14-33(60-44)43(7)16-17-46(64-43)21-29(48)25(3)37(62-46)26(4)38-41(56-13)39(54-11)27(5)47(52,63-38)22-34(49)50;/h23-33,35-42,48,51-52H,14-22H2,1-13H3,(H,49,50);1H3/t23-,24+,25+,26-,27-,28-,29-,30-,31+,32-,33?,35+,36-,37-,38-,39-,40-,41-,42+,43-,44-,45-,46+,47+;/m0./s1. The quantitative estimate of drug-likeness (QED) is 0.171. The molecule has 7 rings (SSSR count). The predicted molar refractivity (Wildman–Crippen MR) is 233 cm³/mol. The molecule has 0 radical (unpaired) electrons. The van der Waals surface area contributed by atoms with E-state index in [1.807, 2.05) is 34.6 Å². The van der Waals surface area contributed by atoms with Crippen molar-refractivity contribution in [3.8, 4) is 0 Å². The molecule has 0 aromatic rings. The van der Waals surface area contributed by atoms with Crippen LogP contribution in [-0.4, -0.2) is 169 Å². The van der Waals surface area contributed by atoms with E-state index in [-0.39, 0.29) is 66.9 Å². The Hall–Kier alpha value is -1.17. The Morgan fingerprint density at radius 1 is 0.769 bits per heavy atom. The van der Waals surface area contributed by atoms with E-state index in [0.717, 1.165) is 6.42 Å². The van der Waals surface area contributed by atoms with Gasteiger partial charge in [-0.25, -0.2) is 0 Å². The second kappa shape index (κ2) is 19.9. The highest BCUT2D eigenvalue weighted by molar-refractivity contribution is 5.68. The van der Waals surface area contributed by atoms with Crippen molar-refractivity contribution in [3.05, 3.63) is 0 Å². The summed E-state index contributed by atoms with van der Waals surface area (Å²) in [7, 11) is 6.37. The van der Waals surface area contributed by atoms with Gasteiger partial charge in [-0.15, -0.1) is 0 Å². The summed E-state index contributed by atoms with van der Waals surface area (Å²) in [5.74, 6) is -7.18. The van der Waals surface area contributed by atoms with Crippen LogP contribution in [0.25, 0.3) is 0 Å². The van der Waals surface area contributed by atoms with Gasteiger partial charge in [-0.1, -0.05) is 34.6 Å². The number of aliphatic carboxylic acids is 1. The molecule has 0 amide bonds. The van der Waals surface area contributed by atoms with E-state index in [0.29, 0.717) is 38.5 Å². The van der Waals surface area contributed by atoms with E-state index in [2.05, 4.69) is 13.8 Å². The van der Waals surface area contributed by atoms with Gasteiger partial charge in [0.25, 0.3) is 0 Å². The summed E-state index contributed by atoms with van der Waals surface area (Å²) in [4.78, 5) is 11.9. The molecule has 1 spiro atoms. The first-order valence-corrected chi connectivity index (χ1v) is 23.8. The zero-order chi connectivity index (χ0) is 46.9. The smallest absolute Gasteiger partial charge is 0.308 e. The molecule has 0 aromatic heterocycles. The van der Waals surface area contributed by atoms with Crippen molar-refractivity contribution in [2.75, 3.05) is 28.4 Å². The van der Waals surface area contributed by atoms with Gasteiger partial charge in [0.1, 0.15) is 18.3 Å². The number of carboxylic acids is 1. The first-order chi connectivity index (χ1) is 30.0. The monoisotopic (exact) mass is 934 g/mol. The molecular formula is C47H83NO17. The van der Waals surface area contributed by atoms with Crippen molar-refractivity contribution in [1.82, 2.24) is 6.15 Å². The number of carbonyl (C=O) groups is 1. The zero-order valence-electron chi connectivity index (χ0n) is 41.1. The van der Waals surface area contributed by atoms with Crippen LogP contribution in [0.5, 0.6) is 0 Å². The summed E-state index contributed by atoms with van der Waals surface area (Å²) in [6.45, 7) is 17.5. The molecule has 0 bridgehead atoms. The number of carboxylic acid groups (broad SMARTS) is 1. The van der Waals surface area contributed by atoms with Crippen LogP contribution in [0, 0.1) is 29.6 Å². The maximum atomic E-state index is 11.9. The Bertz CT molecular complexity index is 1610. The highest BCUT2D eigenvalue weighted by Crippen LogP contribution is 2.55. The maximum Gasteiger partial charge on any atom is 0.308 e. The molecule has 7 fully saturated rings. The van der Waals surface area contributed by atoms with Crippen molar-refractivity contribution in [3.63, 3.8) is 0 Å². The number of aliphatic hydroxyl groups is 3. The Morgan fingerprint density at radius 2 is 1.45 bits per heavy atom. The van der Waals surface area contributed by atoms with Gasteiger partial charge in [0, 0.05) is 77.8 Å². The third-order valence-corrected chi connectivity index (χ3v) is 16.8. The molecule has 7 N–H and O–H groups in total. The highest BCUT2D eigenvalue weighted by atomic mass is 16.7. The van der Waals surface area contributed by atoms with Crippen LogP contribution in [0.4, 0.5) is 0 Å². The average Bonchev–Trinajstić information content (AvgIpc) is 3.94. The molecule has 7 aliphatic rings. The third kappa shape index (κ3) is 10.1. The van der Waals surface area contributed by atoms with Gasteiger partial charge in [-0.3, -0.25) is 4.79 Å². The van der Waals surface area contributed by atoms with Gasteiger partial charge in [-0.05, 0) is 59.3 Å². The van der Waals surface area contributed by atoms with E-state index in [1.165, 1.54) is 14.2 Å². The summed E-state index contributed by atoms with van der Waals surface area (Å²) >= 11 is 0. The molecule has 1 unspecified atom stereocenters. The van der Waals surface area contributed by atoms with E-state index < -0.39 is 102 Å². The molecular weight excluding hydrogens is 851 g/mol. The maximum absolute atomic E-state index is 11.9. The third-order valence-electron chi connectivity index (χ3n) is 16.8. The minimum absolute atomic E-state index is 0. The fraction of sp³-hybridized carbons (Fsp3) is 0.979. The lowest BCUT2D eigenvalue weighted by Gasteiger charge is -2.53. The highest BCUT2D eigenvalue weighted by Gasteiger charge is 2.64. The number of hydrogen-bond donors (Lipinski definition) is 5. The lowest BCUT2D eigenvalue weighted by molar-refractivity contribution is -0.365. The molecule has 0 saturated carbocycles. The van der Waals surface area contributed by atoms with Crippen LogP contribution >= 0.6 is 0 Å². The number of hydrogen-bond acceptors (Lipinski definition) is 17. The van der Waals surface area contributed by atoms with Crippen LogP contribution in [0.2, 0.25) is 0 Å². The summed E-state index contributed by atoms with van der Waals surface area (Å²) < 4.78 is 77.6. The summed E-state index contributed by atoms with van der Waals surface area (Å²) in [6.07, 6.45) is -3.18. The van der Waals surface area contributed by atoms with Crippen molar-refractivity contribution >= 4 is 5.97 Å². The van der Waals surface area contributed by atoms with Gasteiger partial charge < -0.3 is 83.4 Å². The van der Waals surface area contributed by atoms with Crippen molar-refractivity contribution in [2.24, 2.45) is 29.6 Å². The van der Waals surface area contributed by atoms with Gasteiger partial charge in [0.05, 0.1) is 78.7 Å². The Kier molecular flexibility index (Phi) is 16.3. The van der Waals surface area contributed by atoms with Crippen LogP contribution in [0.3, 0.4) is 0 Å². The Balaban J connectivity index is 0.00000700. The van der Waals surface area contributed by atoms with Crippen LogP contribution in [0.15, 0.2) is 0 Å². The Labute approximate surface area is 385 Å².